The van der Waals surface area contributed by atoms with Crippen LogP contribution in [-0.4, -0.2) is 32.6 Å². The topological polar surface area (TPSA) is 90.6 Å². The quantitative estimate of drug-likeness (QED) is 0.800. The monoisotopic (exact) mass is 252 g/mol. The van der Waals surface area contributed by atoms with Gasteiger partial charge in [-0.1, -0.05) is 0 Å². The van der Waals surface area contributed by atoms with Crippen LogP contribution in [0, 0.1) is 0 Å². The molecule has 0 saturated heterocycles. The minimum atomic E-state index is -0.675. The van der Waals surface area contributed by atoms with Crippen molar-refractivity contribution in [1.82, 2.24) is 5.32 Å². The number of hydrogen-bond donors (Lipinski definition) is 2. The van der Waals surface area contributed by atoms with E-state index in [1.807, 2.05) is 6.92 Å². The average molecular weight is 252 g/mol. The van der Waals surface area contributed by atoms with Crippen LogP contribution in [0.2, 0.25) is 0 Å². The van der Waals surface area contributed by atoms with Crippen LogP contribution in [0.15, 0.2) is 12.1 Å². The normalized spacial score (nSPS) is 9.72. The molecule has 3 N–H and O–H groups in total. The highest BCUT2D eigenvalue weighted by Gasteiger charge is 2.19. The number of rotatable bonds is 5. The average Bonchev–Trinajstić information content (AvgIpc) is 2.36. The van der Waals surface area contributed by atoms with Gasteiger partial charge in [-0.15, -0.1) is 0 Å². The summed E-state index contributed by atoms with van der Waals surface area (Å²) in [5.74, 6) is -0.525. The number of carbonyl (C=O) groups is 2. The molecule has 0 aromatic heterocycles. The van der Waals surface area contributed by atoms with E-state index in [0.29, 0.717) is 12.1 Å². The fraction of sp³-hybridized carbons (Fsp3) is 0.333. The van der Waals surface area contributed by atoms with Crippen LogP contribution in [-0.2, 0) is 0 Å². The van der Waals surface area contributed by atoms with Crippen LogP contribution < -0.4 is 20.5 Å². The summed E-state index contributed by atoms with van der Waals surface area (Å²) in [6, 6.07) is 2.90. The van der Waals surface area contributed by atoms with Gasteiger partial charge in [-0.05, 0) is 19.1 Å². The molecular weight excluding hydrogens is 236 g/mol. The SMILES string of the molecule is CCNC(=O)c1cc(OC)c(C(N)=O)c(OC)c1. The number of methoxy groups -OCH3 is 2. The summed E-state index contributed by atoms with van der Waals surface area (Å²) >= 11 is 0. The number of amides is 2. The smallest absolute Gasteiger partial charge is 0.256 e. The maximum atomic E-state index is 11.7. The molecule has 1 aromatic rings. The summed E-state index contributed by atoms with van der Waals surface area (Å²) in [6.07, 6.45) is 0. The molecular formula is C12H16N2O4. The van der Waals surface area contributed by atoms with Crippen LogP contribution in [0.5, 0.6) is 11.5 Å². The zero-order valence-corrected chi connectivity index (χ0v) is 10.6. The van der Waals surface area contributed by atoms with Gasteiger partial charge >= 0.3 is 0 Å². The number of nitrogens with one attached hydrogen (secondary N) is 1. The van der Waals surface area contributed by atoms with E-state index in [0.717, 1.165) is 0 Å². The first-order chi connectivity index (χ1) is 8.54. The lowest BCUT2D eigenvalue weighted by Crippen LogP contribution is -2.23. The lowest BCUT2D eigenvalue weighted by Gasteiger charge is -2.12. The summed E-state index contributed by atoms with van der Waals surface area (Å²) < 4.78 is 10.1. The van der Waals surface area contributed by atoms with Crippen molar-refractivity contribution in [3.63, 3.8) is 0 Å². The molecule has 0 unspecified atom stereocenters. The minimum Gasteiger partial charge on any atom is -0.496 e. The van der Waals surface area contributed by atoms with E-state index < -0.39 is 5.91 Å². The standard InChI is InChI=1S/C12H16N2O4/c1-4-14-12(16)7-5-8(17-2)10(11(13)15)9(6-7)18-3/h5-6H,4H2,1-3H3,(H2,13,15)(H,14,16). The Bertz CT molecular complexity index is 446. The number of benzene rings is 1. The fourth-order valence-electron chi connectivity index (χ4n) is 1.55. The van der Waals surface area contributed by atoms with Crippen molar-refractivity contribution in [1.29, 1.82) is 0 Å². The first kappa shape index (κ1) is 13.8. The van der Waals surface area contributed by atoms with Gasteiger partial charge in [0.1, 0.15) is 17.1 Å². The second-order valence-corrected chi connectivity index (χ2v) is 3.48. The van der Waals surface area contributed by atoms with Gasteiger partial charge in [0.05, 0.1) is 14.2 Å². The van der Waals surface area contributed by atoms with E-state index in [-0.39, 0.29) is 23.0 Å². The molecule has 0 atom stereocenters. The highest BCUT2D eigenvalue weighted by atomic mass is 16.5. The number of primary amides is 1. The third-order valence-electron chi connectivity index (χ3n) is 2.35. The van der Waals surface area contributed by atoms with E-state index in [1.165, 1.54) is 26.4 Å². The second kappa shape index (κ2) is 5.90. The van der Waals surface area contributed by atoms with Gasteiger partial charge in [0.2, 0.25) is 0 Å². The summed E-state index contributed by atoms with van der Waals surface area (Å²) in [7, 11) is 2.78. The minimum absolute atomic E-state index is 0.119. The molecule has 6 heteroatoms. The second-order valence-electron chi connectivity index (χ2n) is 3.48. The maximum absolute atomic E-state index is 11.7. The highest BCUT2D eigenvalue weighted by molar-refractivity contribution is 6.02. The number of hydrogen-bond acceptors (Lipinski definition) is 4. The third-order valence-corrected chi connectivity index (χ3v) is 2.35. The zero-order valence-electron chi connectivity index (χ0n) is 10.6. The Labute approximate surface area is 105 Å². The van der Waals surface area contributed by atoms with Gasteiger partial charge in [-0.25, -0.2) is 0 Å². The largest absolute Gasteiger partial charge is 0.496 e. The van der Waals surface area contributed by atoms with Crippen molar-refractivity contribution in [2.24, 2.45) is 5.73 Å². The molecule has 2 amide bonds. The third kappa shape index (κ3) is 2.71. The fourth-order valence-corrected chi connectivity index (χ4v) is 1.55. The molecule has 6 nitrogen and oxygen atoms in total. The molecule has 0 aliphatic rings. The van der Waals surface area contributed by atoms with Gasteiger partial charge in [-0.2, -0.15) is 0 Å². The van der Waals surface area contributed by atoms with E-state index in [1.54, 1.807) is 0 Å². The predicted octanol–water partition coefficient (Wildman–Crippen LogP) is 0.552. The maximum Gasteiger partial charge on any atom is 0.256 e. The zero-order chi connectivity index (χ0) is 13.7. The lowest BCUT2D eigenvalue weighted by molar-refractivity contribution is 0.0950. The van der Waals surface area contributed by atoms with Crippen molar-refractivity contribution in [3.05, 3.63) is 23.3 Å². The van der Waals surface area contributed by atoms with Gasteiger partial charge < -0.3 is 20.5 Å². The van der Waals surface area contributed by atoms with E-state index in [4.69, 9.17) is 15.2 Å². The molecule has 1 aromatic carbocycles. The van der Waals surface area contributed by atoms with Crippen LogP contribution in [0.3, 0.4) is 0 Å². The Balaban J connectivity index is 3.34. The molecule has 0 aliphatic heterocycles. The van der Waals surface area contributed by atoms with Crippen molar-refractivity contribution >= 4 is 11.8 Å². The number of nitrogens with two attached hydrogens (primary N) is 1. The van der Waals surface area contributed by atoms with E-state index in [9.17, 15) is 9.59 Å². The van der Waals surface area contributed by atoms with E-state index >= 15 is 0 Å². The summed E-state index contributed by atoms with van der Waals surface area (Å²) in [6.45, 7) is 2.31. The van der Waals surface area contributed by atoms with Crippen LogP contribution in [0.25, 0.3) is 0 Å². The first-order valence-electron chi connectivity index (χ1n) is 5.39. The van der Waals surface area contributed by atoms with Crippen molar-refractivity contribution < 1.29 is 19.1 Å². The van der Waals surface area contributed by atoms with Crippen LogP contribution in [0.1, 0.15) is 27.6 Å². The molecule has 0 radical (unpaired) electrons. The number of carbonyl (C=O) groups excluding carboxylic acids is 2. The molecule has 98 valence electrons. The molecule has 1 rings (SSSR count). The van der Waals surface area contributed by atoms with Gasteiger partial charge in [-0.3, -0.25) is 9.59 Å². The van der Waals surface area contributed by atoms with Crippen LogP contribution >= 0.6 is 0 Å². The predicted molar refractivity (Wildman–Crippen MR) is 66.1 cm³/mol. The Morgan fingerprint density at radius 1 is 1.22 bits per heavy atom. The van der Waals surface area contributed by atoms with Crippen molar-refractivity contribution in [3.8, 4) is 11.5 Å². The summed E-state index contributed by atoms with van der Waals surface area (Å²) in [4.78, 5) is 23.1. The molecule has 0 aliphatic carbocycles. The van der Waals surface area contributed by atoms with Crippen LogP contribution in [0.4, 0.5) is 0 Å². The molecule has 0 saturated carbocycles. The molecule has 0 heterocycles. The van der Waals surface area contributed by atoms with Crippen molar-refractivity contribution in [2.45, 2.75) is 6.92 Å². The van der Waals surface area contributed by atoms with Gasteiger partial charge in [0, 0.05) is 12.1 Å². The van der Waals surface area contributed by atoms with Gasteiger partial charge in [0.15, 0.2) is 0 Å². The Morgan fingerprint density at radius 3 is 2.06 bits per heavy atom. The Morgan fingerprint density at radius 2 is 1.72 bits per heavy atom. The molecule has 0 spiro atoms. The molecule has 18 heavy (non-hydrogen) atoms. The highest BCUT2D eigenvalue weighted by Crippen LogP contribution is 2.30. The molecule has 0 bridgehead atoms. The summed E-state index contributed by atoms with van der Waals surface area (Å²) in [5, 5.41) is 2.65. The first-order valence-corrected chi connectivity index (χ1v) is 5.39. The Kier molecular flexibility index (Phi) is 4.53. The molecule has 0 fully saturated rings. The van der Waals surface area contributed by atoms with Crippen molar-refractivity contribution in [2.75, 3.05) is 20.8 Å². The lowest BCUT2D eigenvalue weighted by atomic mass is 10.1. The number of ether oxygens (including phenoxy) is 2. The Hall–Kier alpha value is -2.24. The van der Waals surface area contributed by atoms with E-state index in [2.05, 4.69) is 5.32 Å². The summed E-state index contributed by atoms with van der Waals surface area (Å²) in [5.41, 5.74) is 5.71. The van der Waals surface area contributed by atoms with Gasteiger partial charge in [0.25, 0.3) is 11.8 Å².